The van der Waals surface area contributed by atoms with Gasteiger partial charge in [0.05, 0.1) is 23.0 Å². The van der Waals surface area contributed by atoms with Gasteiger partial charge < -0.3 is 5.32 Å². The van der Waals surface area contributed by atoms with Crippen molar-refractivity contribution in [1.82, 2.24) is 19.2 Å². The molecule has 1 N–H and O–H groups in total. The van der Waals surface area contributed by atoms with Crippen LogP contribution in [-0.2, 0) is 19.8 Å². The number of aryl methyl sites for hydroxylation is 1. The Kier molecular flexibility index (Phi) is 4.06. The number of nitrogens with zero attached hydrogens (tertiary/aromatic N) is 4. The SMILES string of the molecule is Cn1c(=O)c2ccccc2n2c(CNc3ccc(F)c(C(F)(F)F)c3)nnc12. The molecule has 0 saturated carbocycles. The van der Waals surface area contributed by atoms with Gasteiger partial charge in [-0.05, 0) is 30.3 Å². The second kappa shape index (κ2) is 6.32. The van der Waals surface area contributed by atoms with Gasteiger partial charge in [0.1, 0.15) is 5.82 Å². The lowest BCUT2D eigenvalue weighted by atomic mass is 10.2. The van der Waals surface area contributed by atoms with E-state index in [1.54, 1.807) is 35.7 Å². The third-order valence-corrected chi connectivity index (χ3v) is 4.42. The van der Waals surface area contributed by atoms with Gasteiger partial charge in [-0.2, -0.15) is 13.2 Å². The summed E-state index contributed by atoms with van der Waals surface area (Å²) in [6.07, 6.45) is -4.79. The number of benzene rings is 2. The molecule has 2 aromatic carbocycles. The average Bonchev–Trinajstić information content (AvgIpc) is 3.09. The zero-order valence-electron chi connectivity index (χ0n) is 14.5. The van der Waals surface area contributed by atoms with Gasteiger partial charge in [0.15, 0.2) is 5.82 Å². The number of hydrogen-bond donors (Lipinski definition) is 1. The highest BCUT2D eigenvalue weighted by atomic mass is 19.4. The van der Waals surface area contributed by atoms with Crippen molar-refractivity contribution in [1.29, 1.82) is 0 Å². The fourth-order valence-corrected chi connectivity index (χ4v) is 3.04. The van der Waals surface area contributed by atoms with Crippen molar-refractivity contribution in [3.05, 3.63) is 70.0 Å². The molecule has 0 aliphatic rings. The molecule has 0 atom stereocenters. The molecule has 0 aliphatic heterocycles. The van der Waals surface area contributed by atoms with E-state index in [9.17, 15) is 22.4 Å². The number of nitrogens with one attached hydrogen (secondary N) is 1. The Hall–Kier alpha value is -3.43. The van der Waals surface area contributed by atoms with Crippen LogP contribution in [0.5, 0.6) is 0 Å². The molecule has 0 spiro atoms. The van der Waals surface area contributed by atoms with Crippen molar-refractivity contribution in [3.63, 3.8) is 0 Å². The van der Waals surface area contributed by atoms with E-state index in [4.69, 9.17) is 0 Å². The van der Waals surface area contributed by atoms with Crippen LogP contribution in [0.1, 0.15) is 11.4 Å². The minimum atomic E-state index is -4.79. The van der Waals surface area contributed by atoms with Gasteiger partial charge in [0.25, 0.3) is 5.56 Å². The molecule has 0 aliphatic carbocycles. The van der Waals surface area contributed by atoms with Crippen molar-refractivity contribution in [2.75, 3.05) is 5.32 Å². The van der Waals surface area contributed by atoms with Gasteiger partial charge in [0, 0.05) is 12.7 Å². The number of alkyl halides is 3. The molecule has 2 heterocycles. The van der Waals surface area contributed by atoms with E-state index in [0.29, 0.717) is 28.6 Å². The molecule has 4 rings (SSSR count). The van der Waals surface area contributed by atoms with E-state index in [1.807, 2.05) is 0 Å². The molecular weight excluding hydrogens is 378 g/mol. The summed E-state index contributed by atoms with van der Waals surface area (Å²) in [5.74, 6) is -0.651. The van der Waals surface area contributed by atoms with Crippen molar-refractivity contribution < 1.29 is 17.6 Å². The number of rotatable bonds is 3. The number of hydrogen-bond acceptors (Lipinski definition) is 4. The molecule has 0 bridgehead atoms. The number of halogens is 4. The van der Waals surface area contributed by atoms with Crippen molar-refractivity contribution in [3.8, 4) is 0 Å². The highest BCUT2D eigenvalue weighted by Gasteiger charge is 2.34. The van der Waals surface area contributed by atoms with Crippen LogP contribution in [0.25, 0.3) is 16.7 Å². The smallest absolute Gasteiger partial charge is 0.378 e. The Morgan fingerprint density at radius 3 is 2.61 bits per heavy atom. The van der Waals surface area contributed by atoms with E-state index in [2.05, 4.69) is 15.5 Å². The molecular formula is C18H13F4N5O. The van der Waals surface area contributed by atoms with Gasteiger partial charge in [-0.25, -0.2) is 4.39 Å². The number of anilines is 1. The molecule has 2 aromatic heterocycles. The van der Waals surface area contributed by atoms with Crippen molar-refractivity contribution in [2.45, 2.75) is 12.7 Å². The summed E-state index contributed by atoms with van der Waals surface area (Å²) in [4.78, 5) is 12.4. The van der Waals surface area contributed by atoms with E-state index < -0.39 is 17.6 Å². The first kappa shape index (κ1) is 18.0. The van der Waals surface area contributed by atoms with Gasteiger partial charge in [0.2, 0.25) is 5.78 Å². The fraction of sp³-hybridized carbons (Fsp3) is 0.167. The third kappa shape index (κ3) is 2.86. The highest BCUT2D eigenvalue weighted by Crippen LogP contribution is 2.33. The maximum absolute atomic E-state index is 13.4. The Bertz CT molecular complexity index is 1260. The second-order valence-electron chi connectivity index (χ2n) is 6.18. The molecule has 28 heavy (non-hydrogen) atoms. The van der Waals surface area contributed by atoms with Gasteiger partial charge in [-0.3, -0.25) is 13.8 Å². The Morgan fingerprint density at radius 2 is 1.86 bits per heavy atom. The first-order chi connectivity index (χ1) is 13.3. The van der Waals surface area contributed by atoms with E-state index in [0.717, 1.165) is 6.07 Å². The van der Waals surface area contributed by atoms with E-state index >= 15 is 0 Å². The summed E-state index contributed by atoms with van der Waals surface area (Å²) in [7, 11) is 1.56. The molecule has 0 unspecified atom stereocenters. The Balaban J connectivity index is 1.75. The first-order valence-corrected chi connectivity index (χ1v) is 8.20. The van der Waals surface area contributed by atoms with Crippen LogP contribution in [0.4, 0.5) is 23.2 Å². The Morgan fingerprint density at radius 1 is 1.11 bits per heavy atom. The molecule has 0 fully saturated rings. The van der Waals surface area contributed by atoms with Crippen LogP contribution in [0.2, 0.25) is 0 Å². The van der Waals surface area contributed by atoms with Crippen LogP contribution in [0.15, 0.2) is 47.3 Å². The van der Waals surface area contributed by atoms with Crippen LogP contribution >= 0.6 is 0 Å². The first-order valence-electron chi connectivity index (χ1n) is 8.20. The third-order valence-electron chi connectivity index (χ3n) is 4.42. The van der Waals surface area contributed by atoms with Gasteiger partial charge in [-0.1, -0.05) is 12.1 Å². The van der Waals surface area contributed by atoms with Gasteiger partial charge in [-0.15, -0.1) is 10.2 Å². The maximum Gasteiger partial charge on any atom is 0.419 e. The lowest BCUT2D eigenvalue weighted by Gasteiger charge is -2.12. The Labute approximate surface area is 155 Å². The monoisotopic (exact) mass is 391 g/mol. The zero-order valence-corrected chi connectivity index (χ0v) is 14.5. The lowest BCUT2D eigenvalue weighted by molar-refractivity contribution is -0.139. The maximum atomic E-state index is 13.4. The summed E-state index contributed by atoms with van der Waals surface area (Å²) >= 11 is 0. The molecule has 4 aromatic rings. The minimum absolute atomic E-state index is 0.0201. The zero-order chi connectivity index (χ0) is 20.1. The lowest BCUT2D eigenvalue weighted by Crippen LogP contribution is -2.20. The topological polar surface area (TPSA) is 64.2 Å². The molecule has 0 radical (unpaired) electrons. The summed E-state index contributed by atoms with van der Waals surface area (Å²) in [6.45, 7) is 0.0201. The number of fused-ring (bicyclic) bond motifs is 3. The second-order valence-corrected chi connectivity index (χ2v) is 6.18. The molecule has 144 valence electrons. The normalized spacial score (nSPS) is 12.0. The van der Waals surface area contributed by atoms with Crippen LogP contribution in [-0.4, -0.2) is 19.2 Å². The summed E-state index contributed by atoms with van der Waals surface area (Å²) in [6, 6.07) is 9.56. The van der Waals surface area contributed by atoms with Crippen LogP contribution in [0.3, 0.4) is 0 Å². The largest absolute Gasteiger partial charge is 0.419 e. The molecule has 6 nitrogen and oxygen atoms in total. The quantitative estimate of drug-likeness (QED) is 0.544. The standard InChI is InChI=1S/C18H13F4N5O/c1-26-16(28)11-4-2-3-5-14(11)27-15(24-25-17(26)27)9-23-10-6-7-13(19)12(8-10)18(20,21)22/h2-8,23H,9H2,1H3. The number of para-hydroxylation sites is 1. The van der Waals surface area contributed by atoms with Crippen molar-refractivity contribution in [2.24, 2.45) is 7.05 Å². The number of aromatic nitrogens is 4. The summed E-state index contributed by atoms with van der Waals surface area (Å²) in [5, 5.41) is 11.3. The summed E-state index contributed by atoms with van der Waals surface area (Å²) in [5.41, 5.74) is -0.920. The minimum Gasteiger partial charge on any atom is -0.378 e. The predicted octanol–water partition coefficient (Wildman–Crippen LogP) is 3.35. The van der Waals surface area contributed by atoms with E-state index in [1.165, 1.54) is 10.6 Å². The fourth-order valence-electron chi connectivity index (χ4n) is 3.04. The predicted molar refractivity (Wildman–Crippen MR) is 94.5 cm³/mol. The van der Waals surface area contributed by atoms with Gasteiger partial charge >= 0.3 is 6.18 Å². The molecule has 0 amide bonds. The van der Waals surface area contributed by atoms with E-state index in [-0.39, 0.29) is 17.8 Å². The summed E-state index contributed by atoms with van der Waals surface area (Å²) < 4.78 is 55.1. The molecule has 0 saturated heterocycles. The van der Waals surface area contributed by atoms with Crippen LogP contribution < -0.4 is 10.9 Å². The average molecular weight is 391 g/mol. The molecule has 10 heteroatoms. The van der Waals surface area contributed by atoms with Crippen molar-refractivity contribution >= 4 is 22.4 Å². The van der Waals surface area contributed by atoms with Crippen LogP contribution in [0, 0.1) is 5.82 Å². The highest BCUT2D eigenvalue weighted by molar-refractivity contribution is 5.80.